The van der Waals surface area contributed by atoms with Crippen molar-refractivity contribution in [2.45, 2.75) is 24.8 Å². The van der Waals surface area contributed by atoms with Crippen molar-refractivity contribution in [1.82, 2.24) is 14.5 Å². The van der Waals surface area contributed by atoms with E-state index in [2.05, 4.69) is 9.82 Å². The lowest BCUT2D eigenvalue weighted by Gasteiger charge is -2.04. The molecule has 0 radical (unpaired) electrons. The molecule has 1 amide bonds. The SMILES string of the molecule is C[C@@H]1C[C@@H]1C(=O)NS(=O)(=O)c1cnn(Cc2ccccc2)c1. The number of hydrogen-bond donors (Lipinski definition) is 1. The lowest BCUT2D eigenvalue weighted by molar-refractivity contribution is -0.120. The summed E-state index contributed by atoms with van der Waals surface area (Å²) < 4.78 is 28.0. The van der Waals surface area contributed by atoms with E-state index in [-0.39, 0.29) is 16.7 Å². The smallest absolute Gasteiger partial charge is 0.267 e. The Kier molecular flexibility index (Phi) is 3.74. The number of hydrogen-bond acceptors (Lipinski definition) is 4. The molecule has 0 saturated heterocycles. The number of nitrogens with one attached hydrogen (secondary N) is 1. The quantitative estimate of drug-likeness (QED) is 0.903. The summed E-state index contributed by atoms with van der Waals surface area (Å²) in [5.74, 6) is -0.353. The second-order valence-electron chi connectivity index (χ2n) is 5.65. The van der Waals surface area contributed by atoms with Crippen LogP contribution < -0.4 is 4.72 Å². The van der Waals surface area contributed by atoms with Gasteiger partial charge < -0.3 is 0 Å². The van der Waals surface area contributed by atoms with E-state index in [4.69, 9.17) is 0 Å². The summed E-state index contributed by atoms with van der Waals surface area (Å²) >= 11 is 0. The molecule has 7 heteroatoms. The van der Waals surface area contributed by atoms with Crippen molar-refractivity contribution in [3.8, 4) is 0 Å². The molecule has 3 rings (SSSR count). The maximum atomic E-state index is 12.2. The summed E-state index contributed by atoms with van der Waals surface area (Å²) in [4.78, 5) is 11.8. The number of benzene rings is 1. The highest BCUT2D eigenvalue weighted by atomic mass is 32.2. The molecule has 0 spiro atoms. The summed E-state index contributed by atoms with van der Waals surface area (Å²) in [6.07, 6.45) is 3.43. The number of nitrogens with zero attached hydrogens (tertiary/aromatic N) is 2. The Morgan fingerprint density at radius 1 is 1.36 bits per heavy atom. The highest BCUT2D eigenvalue weighted by molar-refractivity contribution is 7.90. The van der Waals surface area contributed by atoms with Crippen molar-refractivity contribution < 1.29 is 13.2 Å². The van der Waals surface area contributed by atoms with E-state index in [9.17, 15) is 13.2 Å². The maximum Gasteiger partial charge on any atom is 0.267 e. The zero-order valence-corrected chi connectivity index (χ0v) is 13.0. The van der Waals surface area contributed by atoms with Gasteiger partial charge in [0.15, 0.2) is 0 Å². The Hall–Kier alpha value is -2.15. The predicted molar refractivity (Wildman–Crippen MR) is 80.4 cm³/mol. The first-order chi connectivity index (χ1) is 10.5. The molecule has 1 N–H and O–H groups in total. The minimum absolute atomic E-state index is 0.00471. The van der Waals surface area contributed by atoms with Gasteiger partial charge in [0.2, 0.25) is 5.91 Å². The van der Waals surface area contributed by atoms with Crippen LogP contribution in [-0.4, -0.2) is 24.1 Å². The molecule has 116 valence electrons. The first-order valence-electron chi connectivity index (χ1n) is 7.09. The van der Waals surface area contributed by atoms with E-state index in [1.807, 2.05) is 37.3 Å². The van der Waals surface area contributed by atoms with Crippen LogP contribution in [0.5, 0.6) is 0 Å². The predicted octanol–water partition coefficient (Wildman–Crippen LogP) is 1.39. The molecular formula is C15H17N3O3S. The summed E-state index contributed by atoms with van der Waals surface area (Å²) in [6.45, 7) is 2.40. The molecule has 1 aromatic heterocycles. The molecule has 2 aromatic rings. The molecule has 1 aromatic carbocycles. The van der Waals surface area contributed by atoms with E-state index in [0.717, 1.165) is 12.0 Å². The highest BCUT2D eigenvalue weighted by Crippen LogP contribution is 2.37. The molecule has 1 heterocycles. The second kappa shape index (κ2) is 5.57. The molecular weight excluding hydrogens is 302 g/mol. The van der Waals surface area contributed by atoms with E-state index < -0.39 is 15.9 Å². The number of carbonyl (C=O) groups is 1. The van der Waals surface area contributed by atoms with Gasteiger partial charge in [-0.05, 0) is 17.9 Å². The van der Waals surface area contributed by atoms with Crippen LogP contribution in [0.3, 0.4) is 0 Å². The molecule has 0 bridgehead atoms. The van der Waals surface area contributed by atoms with Crippen molar-refractivity contribution >= 4 is 15.9 Å². The molecule has 1 aliphatic rings. The largest absolute Gasteiger partial charge is 0.274 e. The molecule has 1 fully saturated rings. The lowest BCUT2D eigenvalue weighted by atomic mass is 10.2. The Bertz CT molecular complexity index is 783. The van der Waals surface area contributed by atoms with Crippen LogP contribution in [0, 0.1) is 11.8 Å². The molecule has 1 saturated carbocycles. The van der Waals surface area contributed by atoms with Crippen LogP contribution in [-0.2, 0) is 21.4 Å². The van der Waals surface area contributed by atoms with Gasteiger partial charge in [-0.1, -0.05) is 37.3 Å². The van der Waals surface area contributed by atoms with Gasteiger partial charge in [-0.2, -0.15) is 5.10 Å². The second-order valence-corrected chi connectivity index (χ2v) is 7.33. The van der Waals surface area contributed by atoms with Crippen LogP contribution in [0.25, 0.3) is 0 Å². The number of aromatic nitrogens is 2. The Labute approximate surface area is 129 Å². The molecule has 22 heavy (non-hydrogen) atoms. The first kappa shape index (κ1) is 14.8. The van der Waals surface area contributed by atoms with Crippen molar-refractivity contribution in [1.29, 1.82) is 0 Å². The Morgan fingerprint density at radius 3 is 2.68 bits per heavy atom. The standard InChI is InChI=1S/C15H17N3O3S/c1-11-7-14(11)15(19)17-22(20,21)13-8-16-18(10-13)9-12-5-3-2-4-6-12/h2-6,8,10-11,14H,7,9H2,1H3,(H,17,19)/t11-,14+/m1/s1. The van der Waals surface area contributed by atoms with Crippen molar-refractivity contribution in [3.63, 3.8) is 0 Å². The molecule has 1 aliphatic carbocycles. The van der Waals surface area contributed by atoms with E-state index in [1.54, 1.807) is 0 Å². The number of rotatable bonds is 5. The normalized spacial score (nSPS) is 20.6. The van der Waals surface area contributed by atoms with Crippen LogP contribution in [0.2, 0.25) is 0 Å². The third kappa shape index (κ3) is 3.19. The zero-order chi connectivity index (χ0) is 15.7. The van der Waals surface area contributed by atoms with Crippen LogP contribution in [0.1, 0.15) is 18.9 Å². The van der Waals surface area contributed by atoms with Gasteiger partial charge in [0.25, 0.3) is 10.0 Å². The first-order valence-corrected chi connectivity index (χ1v) is 8.57. The minimum Gasteiger partial charge on any atom is -0.274 e. The summed E-state index contributed by atoms with van der Waals surface area (Å²) in [7, 11) is -3.84. The van der Waals surface area contributed by atoms with Gasteiger partial charge in [-0.15, -0.1) is 0 Å². The topological polar surface area (TPSA) is 81.1 Å². The lowest BCUT2D eigenvalue weighted by Crippen LogP contribution is -2.31. The molecule has 0 unspecified atom stereocenters. The summed E-state index contributed by atoms with van der Waals surface area (Å²) in [5.41, 5.74) is 1.02. The Morgan fingerprint density at radius 2 is 2.05 bits per heavy atom. The van der Waals surface area contributed by atoms with Crippen molar-refractivity contribution in [3.05, 3.63) is 48.3 Å². The molecule has 0 aliphatic heterocycles. The van der Waals surface area contributed by atoms with Gasteiger partial charge in [-0.25, -0.2) is 13.1 Å². The van der Waals surface area contributed by atoms with E-state index in [1.165, 1.54) is 17.1 Å². The summed E-state index contributed by atoms with van der Waals surface area (Å²) in [6, 6.07) is 9.61. The number of carbonyl (C=O) groups excluding carboxylic acids is 1. The minimum atomic E-state index is -3.84. The Balaban J connectivity index is 1.71. The fraction of sp³-hybridized carbons (Fsp3) is 0.333. The highest BCUT2D eigenvalue weighted by Gasteiger charge is 2.40. The fourth-order valence-corrected chi connectivity index (χ4v) is 3.28. The number of amides is 1. The fourth-order valence-electron chi connectivity index (χ4n) is 2.29. The van der Waals surface area contributed by atoms with Crippen LogP contribution in [0.15, 0.2) is 47.6 Å². The average molecular weight is 319 g/mol. The zero-order valence-electron chi connectivity index (χ0n) is 12.1. The summed E-state index contributed by atoms with van der Waals surface area (Å²) in [5, 5.41) is 4.05. The van der Waals surface area contributed by atoms with Gasteiger partial charge in [0.1, 0.15) is 4.90 Å². The van der Waals surface area contributed by atoms with Crippen molar-refractivity contribution in [2.75, 3.05) is 0 Å². The van der Waals surface area contributed by atoms with Gasteiger partial charge >= 0.3 is 0 Å². The maximum absolute atomic E-state index is 12.2. The molecule has 2 atom stereocenters. The van der Waals surface area contributed by atoms with Gasteiger partial charge in [0, 0.05) is 12.1 Å². The van der Waals surface area contributed by atoms with Gasteiger partial charge in [0.05, 0.1) is 12.7 Å². The molecule has 6 nitrogen and oxygen atoms in total. The van der Waals surface area contributed by atoms with Gasteiger partial charge in [-0.3, -0.25) is 9.48 Å². The third-order valence-corrected chi connectivity index (χ3v) is 5.09. The van der Waals surface area contributed by atoms with Crippen LogP contribution in [0.4, 0.5) is 0 Å². The average Bonchev–Trinajstić information content (AvgIpc) is 3.02. The third-order valence-electron chi connectivity index (χ3n) is 3.79. The van der Waals surface area contributed by atoms with Crippen LogP contribution >= 0.6 is 0 Å². The monoisotopic (exact) mass is 319 g/mol. The number of sulfonamides is 1. The van der Waals surface area contributed by atoms with E-state index in [0.29, 0.717) is 6.54 Å². The van der Waals surface area contributed by atoms with Crippen molar-refractivity contribution in [2.24, 2.45) is 11.8 Å². The van der Waals surface area contributed by atoms with E-state index >= 15 is 0 Å².